The van der Waals surface area contributed by atoms with Gasteiger partial charge in [-0.3, -0.25) is 14.4 Å². The van der Waals surface area contributed by atoms with E-state index in [0.29, 0.717) is 25.1 Å². The van der Waals surface area contributed by atoms with Crippen LogP contribution in [0.15, 0.2) is 85.1 Å². The zero-order chi connectivity index (χ0) is 30.2. The van der Waals surface area contributed by atoms with Crippen LogP contribution in [0.25, 0.3) is 10.9 Å². The molecule has 6 rings (SSSR count). The summed E-state index contributed by atoms with van der Waals surface area (Å²) >= 11 is 0. The fraction of sp³-hybridized carbons (Fsp3) is 0.343. The largest absolute Gasteiger partial charge is 0.361 e. The summed E-state index contributed by atoms with van der Waals surface area (Å²) in [6.07, 6.45) is 4.63. The minimum absolute atomic E-state index is 0.0799. The van der Waals surface area contributed by atoms with Crippen molar-refractivity contribution >= 4 is 28.6 Å². The molecule has 2 atom stereocenters. The number of aromatic amines is 1. The Morgan fingerprint density at radius 3 is 2.40 bits per heavy atom. The summed E-state index contributed by atoms with van der Waals surface area (Å²) in [7, 11) is 0. The van der Waals surface area contributed by atoms with Gasteiger partial charge in [0.05, 0.1) is 11.6 Å². The van der Waals surface area contributed by atoms with Crippen molar-refractivity contribution < 1.29 is 14.4 Å². The van der Waals surface area contributed by atoms with Crippen molar-refractivity contribution in [2.45, 2.75) is 62.6 Å². The van der Waals surface area contributed by atoms with Crippen LogP contribution in [-0.2, 0) is 21.4 Å². The molecule has 0 saturated carbocycles. The average molecular weight is 578 g/mol. The Hall–Kier alpha value is -4.43. The molecule has 2 heterocycles. The van der Waals surface area contributed by atoms with Crippen molar-refractivity contribution in [3.8, 4) is 0 Å². The number of fused-ring (bicyclic) bond motifs is 3. The van der Waals surface area contributed by atoms with Crippen LogP contribution in [0.3, 0.4) is 0 Å². The van der Waals surface area contributed by atoms with E-state index in [2.05, 4.69) is 33.8 Å². The highest BCUT2D eigenvalue weighted by Gasteiger charge is 2.47. The van der Waals surface area contributed by atoms with Crippen LogP contribution >= 0.6 is 0 Å². The Bertz CT molecular complexity index is 1650. The van der Waals surface area contributed by atoms with Crippen molar-refractivity contribution in [1.29, 1.82) is 0 Å². The number of hydrogen-bond donors (Lipinski definition) is 4. The zero-order valence-electron chi connectivity index (χ0n) is 24.7. The van der Waals surface area contributed by atoms with Gasteiger partial charge in [-0.15, -0.1) is 0 Å². The first-order valence-electron chi connectivity index (χ1n) is 15.0. The second-order valence-corrected chi connectivity index (χ2v) is 12.6. The molecule has 3 aromatic carbocycles. The molecule has 8 heteroatoms. The predicted octanol–water partition coefficient (Wildman–Crippen LogP) is 4.37. The molecule has 43 heavy (non-hydrogen) atoms. The number of benzene rings is 3. The Balaban J connectivity index is 1.19. The van der Waals surface area contributed by atoms with E-state index >= 15 is 0 Å². The van der Waals surface area contributed by atoms with Gasteiger partial charge in [0.1, 0.15) is 6.04 Å². The third kappa shape index (κ3) is 5.67. The SMILES string of the molecule is CC(C)(N)C(=O)NC(Cc1c[nH]c2ccccc12)C(=O)N1CCC2(CC1)C[C@@H](NC(=O)c1ccccc1)c1ccccc12. The highest BCUT2D eigenvalue weighted by atomic mass is 16.2. The van der Waals surface area contributed by atoms with Crippen molar-refractivity contribution in [2.24, 2.45) is 5.73 Å². The first-order chi connectivity index (χ1) is 20.6. The van der Waals surface area contributed by atoms with Gasteiger partial charge in [-0.1, -0.05) is 60.7 Å². The molecule has 0 radical (unpaired) electrons. The molecule has 1 fully saturated rings. The van der Waals surface area contributed by atoms with E-state index in [9.17, 15) is 14.4 Å². The number of nitrogens with two attached hydrogens (primary N) is 1. The van der Waals surface area contributed by atoms with Gasteiger partial charge in [-0.25, -0.2) is 0 Å². The Kier molecular flexibility index (Phi) is 7.56. The van der Waals surface area contributed by atoms with E-state index in [1.807, 2.05) is 71.8 Å². The van der Waals surface area contributed by atoms with Crippen molar-refractivity contribution in [2.75, 3.05) is 13.1 Å². The number of hydrogen-bond acceptors (Lipinski definition) is 4. The Morgan fingerprint density at radius 1 is 0.977 bits per heavy atom. The van der Waals surface area contributed by atoms with Crippen LogP contribution in [-0.4, -0.2) is 52.3 Å². The van der Waals surface area contributed by atoms with E-state index in [-0.39, 0.29) is 29.2 Å². The number of H-pyrrole nitrogens is 1. The minimum Gasteiger partial charge on any atom is -0.361 e. The molecule has 8 nitrogen and oxygen atoms in total. The fourth-order valence-corrected chi connectivity index (χ4v) is 6.77. The van der Waals surface area contributed by atoms with Gasteiger partial charge >= 0.3 is 0 Å². The molecule has 1 aliphatic heterocycles. The normalized spacial score (nSPS) is 18.3. The summed E-state index contributed by atoms with van der Waals surface area (Å²) in [5.41, 5.74) is 9.88. The summed E-state index contributed by atoms with van der Waals surface area (Å²) in [4.78, 5) is 45.2. The lowest BCUT2D eigenvalue weighted by molar-refractivity contribution is -0.138. The lowest BCUT2D eigenvalue weighted by Gasteiger charge is -2.41. The third-order valence-corrected chi connectivity index (χ3v) is 9.16. The van der Waals surface area contributed by atoms with Gasteiger partial charge < -0.3 is 26.3 Å². The summed E-state index contributed by atoms with van der Waals surface area (Å²) in [5, 5.41) is 7.26. The van der Waals surface area contributed by atoms with Gasteiger partial charge in [-0.2, -0.15) is 0 Å². The topological polar surface area (TPSA) is 120 Å². The Morgan fingerprint density at radius 2 is 1.65 bits per heavy atom. The van der Waals surface area contributed by atoms with E-state index in [0.717, 1.165) is 41.3 Å². The monoisotopic (exact) mass is 577 g/mol. The average Bonchev–Trinajstić information content (AvgIpc) is 3.55. The number of carbonyl (C=O) groups is 3. The lowest BCUT2D eigenvalue weighted by atomic mass is 9.73. The number of aromatic nitrogens is 1. The predicted molar refractivity (Wildman–Crippen MR) is 167 cm³/mol. The minimum atomic E-state index is -1.11. The quantitative estimate of drug-likeness (QED) is 0.261. The van der Waals surface area contributed by atoms with Crippen LogP contribution < -0.4 is 16.4 Å². The van der Waals surface area contributed by atoms with E-state index in [4.69, 9.17) is 5.73 Å². The highest BCUT2D eigenvalue weighted by molar-refractivity contribution is 5.94. The lowest BCUT2D eigenvalue weighted by Crippen LogP contribution is -2.58. The van der Waals surface area contributed by atoms with Crippen LogP contribution in [0.2, 0.25) is 0 Å². The maximum absolute atomic E-state index is 14.0. The standard InChI is InChI=1S/C35H39N5O3/c1-34(2,36)33(43)39-29(20-24-22-37-28-15-9-7-12-25(24)28)32(42)40-18-16-35(17-19-40)21-30(26-13-6-8-14-27(26)35)38-31(41)23-10-4-3-5-11-23/h3-15,22,29-30,37H,16-21,36H2,1-2H3,(H,38,41)(H,39,43)/t29?,30-/m1/s1. The number of likely N-dealkylation sites (tertiary alicyclic amines) is 1. The second kappa shape index (κ2) is 11.3. The number of rotatable bonds is 7. The molecule has 2 aliphatic rings. The van der Waals surface area contributed by atoms with Crippen molar-refractivity contribution in [3.63, 3.8) is 0 Å². The molecule has 5 N–H and O–H groups in total. The Labute approximate surface area is 252 Å². The van der Waals surface area contributed by atoms with Gasteiger partial charge in [-0.05, 0) is 68.0 Å². The third-order valence-electron chi connectivity index (χ3n) is 9.16. The smallest absolute Gasteiger partial charge is 0.251 e. The maximum atomic E-state index is 14.0. The summed E-state index contributed by atoms with van der Waals surface area (Å²) < 4.78 is 0. The van der Waals surface area contributed by atoms with E-state index < -0.39 is 11.6 Å². The molecular formula is C35H39N5O3. The molecule has 1 spiro atoms. The fourth-order valence-electron chi connectivity index (χ4n) is 6.77. The molecule has 1 unspecified atom stereocenters. The second-order valence-electron chi connectivity index (χ2n) is 12.6. The van der Waals surface area contributed by atoms with E-state index in [1.54, 1.807) is 13.8 Å². The number of nitrogens with one attached hydrogen (secondary N) is 3. The number of carbonyl (C=O) groups excluding carboxylic acids is 3. The van der Waals surface area contributed by atoms with Gasteiger partial charge in [0, 0.05) is 47.6 Å². The number of piperidine rings is 1. The molecule has 0 bridgehead atoms. The molecule has 4 aromatic rings. The van der Waals surface area contributed by atoms with Crippen LogP contribution in [0.4, 0.5) is 0 Å². The van der Waals surface area contributed by atoms with Crippen LogP contribution in [0.1, 0.15) is 66.2 Å². The summed E-state index contributed by atoms with van der Waals surface area (Å²) in [5.74, 6) is -0.539. The van der Waals surface area contributed by atoms with Crippen LogP contribution in [0.5, 0.6) is 0 Å². The molecule has 1 aliphatic carbocycles. The molecule has 1 saturated heterocycles. The summed E-state index contributed by atoms with van der Waals surface area (Å²) in [6, 6.07) is 24.8. The van der Waals surface area contributed by atoms with Gasteiger partial charge in [0.2, 0.25) is 11.8 Å². The first kappa shape index (κ1) is 28.7. The number of amides is 3. The van der Waals surface area contributed by atoms with Gasteiger partial charge in [0.15, 0.2) is 0 Å². The zero-order valence-corrected chi connectivity index (χ0v) is 24.7. The number of nitrogens with zero attached hydrogens (tertiary/aromatic N) is 1. The number of para-hydroxylation sites is 1. The molecule has 222 valence electrons. The van der Waals surface area contributed by atoms with Crippen LogP contribution in [0, 0.1) is 0 Å². The molecule has 1 aromatic heterocycles. The first-order valence-corrected chi connectivity index (χ1v) is 15.0. The van der Waals surface area contributed by atoms with Gasteiger partial charge in [0.25, 0.3) is 5.91 Å². The molecule has 3 amide bonds. The van der Waals surface area contributed by atoms with E-state index in [1.165, 1.54) is 5.56 Å². The highest BCUT2D eigenvalue weighted by Crippen LogP contribution is 2.50. The summed E-state index contributed by atoms with van der Waals surface area (Å²) in [6.45, 7) is 4.42. The van der Waals surface area contributed by atoms with Crippen molar-refractivity contribution in [3.05, 3.63) is 107 Å². The molecular weight excluding hydrogens is 538 g/mol. The van der Waals surface area contributed by atoms with Crippen molar-refractivity contribution in [1.82, 2.24) is 20.5 Å². The maximum Gasteiger partial charge on any atom is 0.251 e.